The highest BCUT2D eigenvalue weighted by molar-refractivity contribution is 5.72. The summed E-state index contributed by atoms with van der Waals surface area (Å²) in [5, 5.41) is 0. The fourth-order valence-electron chi connectivity index (χ4n) is 1.62. The number of rotatable bonds is 4. The van der Waals surface area contributed by atoms with Crippen molar-refractivity contribution in [1.29, 1.82) is 0 Å². The minimum Gasteiger partial charge on any atom is -0.425 e. The van der Waals surface area contributed by atoms with E-state index in [1.54, 1.807) is 13.8 Å². The van der Waals surface area contributed by atoms with Crippen LogP contribution in [0.5, 0.6) is 0 Å². The van der Waals surface area contributed by atoms with Gasteiger partial charge in [-0.2, -0.15) is 0 Å². The lowest BCUT2D eigenvalue weighted by atomic mass is 9.99. The van der Waals surface area contributed by atoms with Crippen molar-refractivity contribution >= 4 is 11.9 Å². The molecule has 0 aliphatic carbocycles. The van der Waals surface area contributed by atoms with E-state index in [4.69, 9.17) is 14.2 Å². The van der Waals surface area contributed by atoms with Crippen LogP contribution in [0.4, 0.5) is 0 Å². The van der Waals surface area contributed by atoms with E-state index in [2.05, 4.69) is 0 Å². The van der Waals surface area contributed by atoms with Gasteiger partial charge in [-0.05, 0) is 12.8 Å². The van der Waals surface area contributed by atoms with Crippen molar-refractivity contribution in [2.45, 2.75) is 39.9 Å². The second-order valence-corrected chi connectivity index (χ2v) is 4.52. The summed E-state index contributed by atoms with van der Waals surface area (Å²) in [5.74, 6) is -0.968. The monoisotopic (exact) mass is 244 g/mol. The standard InChI is InChI=1S/C12H20O5/c1-8(2)11(14)17-12(16-9(3)13)10-4-6-15-7-5-10/h8,10,12H,4-7H2,1-3H3. The van der Waals surface area contributed by atoms with E-state index in [9.17, 15) is 9.59 Å². The van der Waals surface area contributed by atoms with Crippen molar-refractivity contribution in [2.24, 2.45) is 11.8 Å². The maximum absolute atomic E-state index is 11.5. The Kier molecular flexibility index (Phi) is 5.41. The first-order valence-electron chi connectivity index (χ1n) is 5.96. The first-order valence-corrected chi connectivity index (χ1v) is 5.96. The summed E-state index contributed by atoms with van der Waals surface area (Å²) in [4.78, 5) is 22.5. The molecule has 0 aromatic heterocycles. The maximum atomic E-state index is 11.5. The molecule has 0 bridgehead atoms. The van der Waals surface area contributed by atoms with Gasteiger partial charge in [-0.3, -0.25) is 9.59 Å². The molecule has 1 saturated heterocycles. The van der Waals surface area contributed by atoms with E-state index in [0.717, 1.165) is 12.8 Å². The second kappa shape index (κ2) is 6.59. The van der Waals surface area contributed by atoms with Crippen LogP contribution in [0.15, 0.2) is 0 Å². The van der Waals surface area contributed by atoms with Gasteiger partial charge >= 0.3 is 11.9 Å². The summed E-state index contributed by atoms with van der Waals surface area (Å²) in [6.45, 7) is 6.03. The molecule has 0 spiro atoms. The Morgan fingerprint density at radius 2 is 1.76 bits per heavy atom. The molecule has 0 N–H and O–H groups in total. The van der Waals surface area contributed by atoms with Gasteiger partial charge in [0.05, 0.1) is 5.92 Å². The Labute approximate surface area is 101 Å². The molecule has 5 heteroatoms. The van der Waals surface area contributed by atoms with E-state index in [0.29, 0.717) is 13.2 Å². The molecule has 1 unspecified atom stereocenters. The van der Waals surface area contributed by atoms with Gasteiger partial charge in [-0.1, -0.05) is 13.8 Å². The van der Waals surface area contributed by atoms with Gasteiger partial charge in [0.1, 0.15) is 0 Å². The molecular weight excluding hydrogens is 224 g/mol. The molecule has 0 saturated carbocycles. The van der Waals surface area contributed by atoms with Crippen LogP contribution in [0.25, 0.3) is 0 Å². The predicted molar refractivity (Wildman–Crippen MR) is 60.0 cm³/mol. The number of esters is 2. The average Bonchev–Trinajstić information content (AvgIpc) is 2.28. The number of hydrogen-bond donors (Lipinski definition) is 0. The Morgan fingerprint density at radius 3 is 2.24 bits per heavy atom. The third-order valence-electron chi connectivity index (χ3n) is 2.64. The minimum absolute atomic E-state index is 0.0374. The van der Waals surface area contributed by atoms with Crippen molar-refractivity contribution in [3.05, 3.63) is 0 Å². The lowest BCUT2D eigenvalue weighted by Gasteiger charge is -2.29. The van der Waals surface area contributed by atoms with Gasteiger partial charge in [-0.15, -0.1) is 0 Å². The van der Waals surface area contributed by atoms with Crippen molar-refractivity contribution in [2.75, 3.05) is 13.2 Å². The van der Waals surface area contributed by atoms with Crippen molar-refractivity contribution in [1.82, 2.24) is 0 Å². The van der Waals surface area contributed by atoms with E-state index in [1.165, 1.54) is 6.92 Å². The Balaban J connectivity index is 2.58. The van der Waals surface area contributed by atoms with Crippen molar-refractivity contribution in [3.63, 3.8) is 0 Å². The van der Waals surface area contributed by atoms with Gasteiger partial charge in [0.2, 0.25) is 6.29 Å². The molecule has 0 aromatic carbocycles. The zero-order valence-electron chi connectivity index (χ0n) is 10.6. The third kappa shape index (κ3) is 4.73. The number of carbonyl (C=O) groups excluding carboxylic acids is 2. The van der Waals surface area contributed by atoms with Gasteiger partial charge in [0.15, 0.2) is 0 Å². The van der Waals surface area contributed by atoms with Crippen LogP contribution >= 0.6 is 0 Å². The molecule has 1 rings (SSSR count). The summed E-state index contributed by atoms with van der Waals surface area (Å²) >= 11 is 0. The topological polar surface area (TPSA) is 61.8 Å². The summed E-state index contributed by atoms with van der Waals surface area (Å²) in [6.07, 6.45) is 0.707. The van der Waals surface area contributed by atoms with E-state index >= 15 is 0 Å². The van der Waals surface area contributed by atoms with Crippen LogP contribution in [0.3, 0.4) is 0 Å². The SMILES string of the molecule is CC(=O)OC(OC(=O)C(C)C)C1CCOCC1. The van der Waals surface area contributed by atoms with Crippen LogP contribution in [0.1, 0.15) is 33.6 Å². The molecule has 1 aliphatic heterocycles. The van der Waals surface area contributed by atoms with Gasteiger partial charge in [-0.25, -0.2) is 0 Å². The molecule has 98 valence electrons. The quantitative estimate of drug-likeness (QED) is 0.554. The first kappa shape index (κ1) is 14.0. The second-order valence-electron chi connectivity index (χ2n) is 4.52. The minimum atomic E-state index is -0.772. The lowest BCUT2D eigenvalue weighted by molar-refractivity contribution is -0.203. The Bertz CT molecular complexity index is 268. The average molecular weight is 244 g/mol. The predicted octanol–water partition coefficient (Wildman–Crippen LogP) is 1.50. The molecule has 0 aromatic rings. The van der Waals surface area contributed by atoms with Gasteiger partial charge in [0.25, 0.3) is 0 Å². The van der Waals surface area contributed by atoms with E-state index in [1.807, 2.05) is 0 Å². The van der Waals surface area contributed by atoms with E-state index < -0.39 is 12.3 Å². The maximum Gasteiger partial charge on any atom is 0.311 e. The molecular formula is C12H20O5. The molecule has 5 nitrogen and oxygen atoms in total. The first-order chi connectivity index (χ1) is 8.00. The van der Waals surface area contributed by atoms with Crippen LogP contribution in [0.2, 0.25) is 0 Å². The molecule has 1 fully saturated rings. The highest BCUT2D eigenvalue weighted by Gasteiger charge is 2.30. The Hall–Kier alpha value is -1.10. The molecule has 0 amide bonds. The van der Waals surface area contributed by atoms with Crippen molar-refractivity contribution < 1.29 is 23.8 Å². The fraction of sp³-hybridized carbons (Fsp3) is 0.833. The largest absolute Gasteiger partial charge is 0.425 e. The molecule has 1 aliphatic rings. The summed E-state index contributed by atoms with van der Waals surface area (Å²) in [7, 11) is 0. The van der Waals surface area contributed by atoms with E-state index in [-0.39, 0.29) is 17.8 Å². The molecule has 17 heavy (non-hydrogen) atoms. The lowest BCUT2D eigenvalue weighted by Crippen LogP contribution is -2.35. The van der Waals surface area contributed by atoms with Gasteiger partial charge in [0, 0.05) is 26.1 Å². The molecule has 0 radical (unpaired) electrons. The number of carbonyl (C=O) groups is 2. The molecule has 1 atom stereocenters. The van der Waals surface area contributed by atoms with Crippen molar-refractivity contribution in [3.8, 4) is 0 Å². The fourth-order valence-corrected chi connectivity index (χ4v) is 1.62. The van der Waals surface area contributed by atoms with Crippen LogP contribution in [-0.4, -0.2) is 31.4 Å². The highest BCUT2D eigenvalue weighted by atomic mass is 16.7. The number of hydrogen-bond acceptors (Lipinski definition) is 5. The summed E-state index contributed by atoms with van der Waals surface area (Å²) < 4.78 is 15.5. The Morgan fingerprint density at radius 1 is 1.18 bits per heavy atom. The summed E-state index contributed by atoms with van der Waals surface area (Å²) in [6, 6.07) is 0. The van der Waals surface area contributed by atoms with Crippen LogP contribution in [-0.2, 0) is 23.8 Å². The highest BCUT2D eigenvalue weighted by Crippen LogP contribution is 2.23. The number of ether oxygens (including phenoxy) is 3. The van der Waals surface area contributed by atoms with Crippen LogP contribution < -0.4 is 0 Å². The van der Waals surface area contributed by atoms with Crippen LogP contribution in [0, 0.1) is 11.8 Å². The van der Waals surface area contributed by atoms with Gasteiger partial charge < -0.3 is 14.2 Å². The smallest absolute Gasteiger partial charge is 0.311 e. The molecule has 1 heterocycles. The zero-order chi connectivity index (χ0) is 12.8. The zero-order valence-corrected chi connectivity index (χ0v) is 10.6. The summed E-state index contributed by atoms with van der Waals surface area (Å²) in [5.41, 5.74) is 0. The third-order valence-corrected chi connectivity index (χ3v) is 2.64. The normalized spacial score (nSPS) is 18.8.